The third-order valence-electron chi connectivity index (χ3n) is 3.19. The summed E-state index contributed by atoms with van der Waals surface area (Å²) in [6.45, 7) is 0.886. The molecule has 26 heavy (non-hydrogen) atoms. The molecule has 0 saturated heterocycles. The molecule has 0 aliphatic carbocycles. The van der Waals surface area contributed by atoms with Crippen molar-refractivity contribution in [3.63, 3.8) is 0 Å². The van der Waals surface area contributed by atoms with Gasteiger partial charge in [0.15, 0.2) is 6.61 Å². The standard InChI is InChI=1S/C18H17ClN2O5/c1-11(22)20-14-6-7-16(25-2)15(9-14)21-17(23)10-26-18(24)12-4-3-5-13(19)8-12/h3-9H,10H2,1-2H3,(H,20,22)(H,21,23). The number of carbonyl (C=O) groups is 3. The fraction of sp³-hybridized carbons (Fsp3) is 0.167. The Labute approximate surface area is 155 Å². The van der Waals surface area contributed by atoms with E-state index in [1.807, 2.05) is 0 Å². The number of anilines is 2. The van der Waals surface area contributed by atoms with Crippen molar-refractivity contribution in [1.82, 2.24) is 0 Å². The van der Waals surface area contributed by atoms with Gasteiger partial charge in [0.25, 0.3) is 5.91 Å². The minimum atomic E-state index is -0.665. The lowest BCUT2D eigenvalue weighted by Crippen LogP contribution is -2.21. The molecule has 0 bridgehead atoms. The van der Waals surface area contributed by atoms with Gasteiger partial charge in [0.05, 0.1) is 18.4 Å². The number of rotatable bonds is 6. The second-order valence-corrected chi connectivity index (χ2v) is 5.67. The Bertz CT molecular complexity index is 838. The zero-order valence-electron chi connectivity index (χ0n) is 14.2. The zero-order valence-corrected chi connectivity index (χ0v) is 14.9. The monoisotopic (exact) mass is 376 g/mol. The first-order valence-electron chi connectivity index (χ1n) is 7.57. The summed E-state index contributed by atoms with van der Waals surface area (Å²) in [6.07, 6.45) is 0. The normalized spacial score (nSPS) is 9.96. The Morgan fingerprint density at radius 2 is 1.85 bits per heavy atom. The van der Waals surface area contributed by atoms with E-state index in [-0.39, 0.29) is 11.5 Å². The molecule has 2 aromatic rings. The van der Waals surface area contributed by atoms with E-state index >= 15 is 0 Å². The predicted octanol–water partition coefficient (Wildman–Crippen LogP) is 3.10. The van der Waals surface area contributed by atoms with E-state index < -0.39 is 18.5 Å². The highest BCUT2D eigenvalue weighted by Crippen LogP contribution is 2.27. The fourth-order valence-electron chi connectivity index (χ4n) is 2.10. The molecule has 0 radical (unpaired) electrons. The van der Waals surface area contributed by atoms with E-state index in [0.29, 0.717) is 22.1 Å². The SMILES string of the molecule is COc1ccc(NC(C)=O)cc1NC(=O)COC(=O)c1cccc(Cl)c1. The summed E-state index contributed by atoms with van der Waals surface area (Å²) in [6, 6.07) is 11.0. The molecule has 2 N–H and O–H groups in total. The van der Waals surface area contributed by atoms with Crippen molar-refractivity contribution in [1.29, 1.82) is 0 Å². The number of hydrogen-bond donors (Lipinski definition) is 2. The second-order valence-electron chi connectivity index (χ2n) is 5.23. The molecule has 2 aromatic carbocycles. The summed E-state index contributed by atoms with van der Waals surface area (Å²) >= 11 is 5.81. The highest BCUT2D eigenvalue weighted by molar-refractivity contribution is 6.30. The number of carbonyl (C=O) groups excluding carboxylic acids is 3. The molecule has 0 heterocycles. The van der Waals surface area contributed by atoms with Gasteiger partial charge in [0, 0.05) is 17.6 Å². The number of methoxy groups -OCH3 is 1. The average molecular weight is 377 g/mol. The van der Waals surface area contributed by atoms with Gasteiger partial charge in [-0.2, -0.15) is 0 Å². The Balaban J connectivity index is 2.00. The molecule has 8 heteroatoms. The summed E-state index contributed by atoms with van der Waals surface area (Å²) in [5.74, 6) is -1.07. The Kier molecular flexibility index (Phi) is 6.57. The van der Waals surface area contributed by atoms with Gasteiger partial charge in [0.2, 0.25) is 5.91 Å². The van der Waals surface area contributed by atoms with Gasteiger partial charge in [-0.05, 0) is 36.4 Å². The lowest BCUT2D eigenvalue weighted by molar-refractivity contribution is -0.119. The molecule has 2 rings (SSSR count). The summed E-state index contributed by atoms with van der Waals surface area (Å²) in [5, 5.41) is 5.57. The topological polar surface area (TPSA) is 93.7 Å². The van der Waals surface area contributed by atoms with Gasteiger partial charge in [0.1, 0.15) is 5.75 Å². The van der Waals surface area contributed by atoms with Crippen LogP contribution in [0.4, 0.5) is 11.4 Å². The smallest absolute Gasteiger partial charge is 0.338 e. The van der Waals surface area contributed by atoms with Gasteiger partial charge in [-0.15, -0.1) is 0 Å². The molecule has 0 unspecified atom stereocenters. The molecular weight excluding hydrogens is 360 g/mol. The van der Waals surface area contributed by atoms with E-state index in [1.165, 1.54) is 32.2 Å². The van der Waals surface area contributed by atoms with Crippen molar-refractivity contribution >= 4 is 40.8 Å². The molecule has 0 saturated carbocycles. The summed E-state index contributed by atoms with van der Waals surface area (Å²) in [7, 11) is 1.45. The molecule has 2 amide bonds. The number of nitrogens with one attached hydrogen (secondary N) is 2. The summed E-state index contributed by atoms with van der Waals surface area (Å²) in [4.78, 5) is 35.1. The van der Waals surface area contributed by atoms with Crippen LogP contribution in [-0.2, 0) is 14.3 Å². The van der Waals surface area contributed by atoms with Crippen LogP contribution in [0, 0.1) is 0 Å². The first kappa shape index (κ1) is 19.3. The van der Waals surface area contributed by atoms with Crippen molar-refractivity contribution in [3.05, 3.63) is 53.1 Å². The molecule has 0 aliphatic heterocycles. The Morgan fingerprint density at radius 1 is 1.08 bits per heavy atom. The van der Waals surface area contributed by atoms with Crippen LogP contribution in [-0.4, -0.2) is 31.5 Å². The van der Waals surface area contributed by atoms with Crippen molar-refractivity contribution in [3.8, 4) is 5.75 Å². The average Bonchev–Trinajstić information content (AvgIpc) is 2.59. The van der Waals surface area contributed by atoms with E-state index in [0.717, 1.165) is 0 Å². The third-order valence-corrected chi connectivity index (χ3v) is 3.42. The predicted molar refractivity (Wildman–Crippen MR) is 97.7 cm³/mol. The lowest BCUT2D eigenvalue weighted by atomic mass is 10.2. The third kappa shape index (κ3) is 5.49. The number of esters is 1. The highest BCUT2D eigenvalue weighted by atomic mass is 35.5. The molecule has 0 atom stereocenters. The molecule has 7 nitrogen and oxygen atoms in total. The van der Waals surface area contributed by atoms with Gasteiger partial charge in [-0.25, -0.2) is 4.79 Å². The maximum atomic E-state index is 12.1. The Morgan fingerprint density at radius 3 is 2.50 bits per heavy atom. The van der Waals surface area contributed by atoms with Crippen LogP contribution in [0.2, 0.25) is 5.02 Å². The molecule has 136 valence electrons. The molecule has 0 fully saturated rings. The molecule has 0 aromatic heterocycles. The van der Waals surface area contributed by atoms with Gasteiger partial charge < -0.3 is 20.1 Å². The Hall–Kier alpha value is -3.06. The number of benzene rings is 2. The van der Waals surface area contributed by atoms with Crippen LogP contribution in [0.15, 0.2) is 42.5 Å². The van der Waals surface area contributed by atoms with Crippen molar-refractivity contribution in [2.75, 3.05) is 24.4 Å². The number of amides is 2. The van der Waals surface area contributed by atoms with Gasteiger partial charge in [-0.3, -0.25) is 9.59 Å². The summed E-state index contributed by atoms with van der Waals surface area (Å²) < 4.78 is 10.1. The molecule has 0 aliphatic rings. The maximum Gasteiger partial charge on any atom is 0.338 e. The number of hydrogen-bond acceptors (Lipinski definition) is 5. The minimum absolute atomic E-state index is 0.246. The lowest BCUT2D eigenvalue weighted by Gasteiger charge is -2.12. The molecule has 0 spiro atoms. The minimum Gasteiger partial charge on any atom is -0.495 e. The van der Waals surface area contributed by atoms with Crippen LogP contribution in [0.25, 0.3) is 0 Å². The van der Waals surface area contributed by atoms with Crippen molar-refractivity contribution < 1.29 is 23.9 Å². The van der Waals surface area contributed by atoms with Crippen LogP contribution in [0.5, 0.6) is 5.75 Å². The van der Waals surface area contributed by atoms with Crippen molar-refractivity contribution in [2.24, 2.45) is 0 Å². The largest absolute Gasteiger partial charge is 0.495 e. The van der Waals surface area contributed by atoms with Crippen LogP contribution >= 0.6 is 11.6 Å². The van der Waals surface area contributed by atoms with E-state index in [4.69, 9.17) is 21.1 Å². The van der Waals surface area contributed by atoms with Crippen LogP contribution in [0.1, 0.15) is 17.3 Å². The second kappa shape index (κ2) is 8.87. The quantitative estimate of drug-likeness (QED) is 0.755. The summed E-state index contributed by atoms with van der Waals surface area (Å²) in [5.41, 5.74) is 1.07. The number of ether oxygens (including phenoxy) is 2. The van der Waals surface area contributed by atoms with E-state index in [2.05, 4.69) is 10.6 Å². The van der Waals surface area contributed by atoms with Crippen molar-refractivity contribution in [2.45, 2.75) is 6.92 Å². The number of halogens is 1. The van der Waals surface area contributed by atoms with E-state index in [1.54, 1.807) is 24.3 Å². The van der Waals surface area contributed by atoms with Gasteiger partial charge >= 0.3 is 5.97 Å². The van der Waals surface area contributed by atoms with E-state index in [9.17, 15) is 14.4 Å². The zero-order chi connectivity index (χ0) is 19.1. The van der Waals surface area contributed by atoms with Crippen LogP contribution in [0.3, 0.4) is 0 Å². The van der Waals surface area contributed by atoms with Gasteiger partial charge in [-0.1, -0.05) is 17.7 Å². The first-order valence-corrected chi connectivity index (χ1v) is 7.95. The highest BCUT2D eigenvalue weighted by Gasteiger charge is 2.13. The fourth-order valence-corrected chi connectivity index (χ4v) is 2.29. The molecular formula is C18H17ClN2O5. The first-order chi connectivity index (χ1) is 12.4. The maximum absolute atomic E-state index is 12.1. The van der Waals surface area contributed by atoms with Crippen LogP contribution < -0.4 is 15.4 Å².